The Hall–Kier alpha value is -1.22. The van der Waals surface area contributed by atoms with Gasteiger partial charge in [-0.2, -0.15) is 5.26 Å². The molecule has 0 fully saturated rings. The van der Waals surface area contributed by atoms with Crippen LogP contribution < -0.4 is 5.32 Å². The van der Waals surface area contributed by atoms with Crippen molar-refractivity contribution in [3.8, 4) is 6.07 Å². The minimum atomic E-state index is -1.07. The summed E-state index contributed by atoms with van der Waals surface area (Å²) in [7, 11) is 0. The molecule has 0 saturated heterocycles. The van der Waals surface area contributed by atoms with Crippen LogP contribution in [0.15, 0.2) is 0 Å². The summed E-state index contributed by atoms with van der Waals surface area (Å²) < 4.78 is 0. The lowest BCUT2D eigenvalue weighted by Gasteiger charge is -2.07. The molecular formula is C7H10N2O3S. The molecule has 1 unspecified atom stereocenters. The molecule has 0 aromatic carbocycles. The van der Waals surface area contributed by atoms with E-state index in [1.807, 2.05) is 6.07 Å². The Morgan fingerprint density at radius 1 is 1.69 bits per heavy atom. The molecule has 5 nitrogen and oxygen atoms in total. The first kappa shape index (κ1) is 11.8. The number of hydrogen-bond donors (Lipinski definition) is 2. The van der Waals surface area contributed by atoms with Crippen LogP contribution in [0.4, 0.5) is 0 Å². The van der Waals surface area contributed by atoms with E-state index in [1.54, 1.807) is 0 Å². The molecule has 6 heteroatoms. The maximum Gasteiger partial charge on any atom is 0.325 e. The fourth-order valence-electron chi connectivity index (χ4n) is 0.534. The van der Waals surface area contributed by atoms with E-state index < -0.39 is 12.0 Å². The predicted molar refractivity (Wildman–Crippen MR) is 48.2 cm³/mol. The second kappa shape index (κ2) is 6.31. The van der Waals surface area contributed by atoms with Gasteiger partial charge in [-0.15, -0.1) is 11.8 Å². The topological polar surface area (TPSA) is 90.2 Å². The van der Waals surface area contributed by atoms with E-state index in [2.05, 4.69) is 5.32 Å². The molecule has 0 aromatic heterocycles. The molecule has 0 aliphatic rings. The molecule has 0 spiro atoms. The zero-order valence-corrected chi connectivity index (χ0v) is 7.93. The number of hydrogen-bond acceptors (Lipinski definition) is 4. The van der Waals surface area contributed by atoms with E-state index in [-0.39, 0.29) is 17.4 Å². The van der Waals surface area contributed by atoms with Crippen molar-refractivity contribution in [3.63, 3.8) is 0 Å². The lowest BCUT2D eigenvalue weighted by molar-refractivity contribution is -0.140. The van der Waals surface area contributed by atoms with E-state index in [0.29, 0.717) is 0 Å². The number of carbonyl (C=O) groups excluding carboxylic acids is 1. The van der Waals surface area contributed by atoms with Gasteiger partial charge < -0.3 is 10.4 Å². The van der Waals surface area contributed by atoms with Gasteiger partial charge in [0, 0.05) is 0 Å². The van der Waals surface area contributed by atoms with Crippen molar-refractivity contribution in [3.05, 3.63) is 0 Å². The summed E-state index contributed by atoms with van der Waals surface area (Å²) >= 11 is 1.15. The molecule has 0 rings (SSSR count). The van der Waals surface area contributed by atoms with Gasteiger partial charge in [0.2, 0.25) is 5.91 Å². The van der Waals surface area contributed by atoms with E-state index in [9.17, 15) is 9.59 Å². The fourth-order valence-corrected chi connectivity index (χ4v) is 0.996. The number of nitrogens with one attached hydrogen (secondary N) is 1. The van der Waals surface area contributed by atoms with Crippen LogP contribution in [0.25, 0.3) is 0 Å². The van der Waals surface area contributed by atoms with Crippen LogP contribution in [-0.2, 0) is 9.59 Å². The van der Waals surface area contributed by atoms with Gasteiger partial charge in [-0.3, -0.25) is 9.59 Å². The molecule has 2 N–H and O–H groups in total. The summed E-state index contributed by atoms with van der Waals surface area (Å²) in [6.45, 7) is 1.38. The first-order chi connectivity index (χ1) is 6.07. The highest BCUT2D eigenvalue weighted by atomic mass is 32.2. The molecule has 72 valence electrons. The van der Waals surface area contributed by atoms with Crippen molar-refractivity contribution in [1.29, 1.82) is 5.26 Å². The highest BCUT2D eigenvalue weighted by Gasteiger charge is 2.13. The predicted octanol–water partition coefficient (Wildman–Crippen LogP) is -0.168. The molecule has 13 heavy (non-hydrogen) atoms. The van der Waals surface area contributed by atoms with Crippen LogP contribution in [0.1, 0.15) is 6.92 Å². The monoisotopic (exact) mass is 202 g/mol. The Kier molecular flexibility index (Phi) is 5.72. The van der Waals surface area contributed by atoms with Gasteiger partial charge in [0.25, 0.3) is 0 Å². The fraction of sp³-hybridized carbons (Fsp3) is 0.571. The number of aliphatic carboxylic acids is 1. The number of carbonyl (C=O) groups is 2. The largest absolute Gasteiger partial charge is 0.480 e. The number of thioether (sulfide) groups is 1. The van der Waals surface area contributed by atoms with Crippen LogP contribution >= 0.6 is 11.8 Å². The Labute approximate surface area is 80.1 Å². The normalized spacial score (nSPS) is 11.4. The third-order valence-corrected chi connectivity index (χ3v) is 1.95. The van der Waals surface area contributed by atoms with Crippen molar-refractivity contribution >= 4 is 23.6 Å². The summed E-state index contributed by atoms with van der Waals surface area (Å²) in [4.78, 5) is 21.2. The van der Waals surface area contributed by atoms with Gasteiger partial charge in [-0.1, -0.05) is 0 Å². The van der Waals surface area contributed by atoms with Crippen LogP contribution in [0.5, 0.6) is 0 Å². The average molecular weight is 202 g/mol. The van der Waals surface area contributed by atoms with E-state index >= 15 is 0 Å². The van der Waals surface area contributed by atoms with E-state index in [4.69, 9.17) is 10.4 Å². The second-order valence-electron chi connectivity index (χ2n) is 2.28. The van der Waals surface area contributed by atoms with Crippen LogP contribution in [0, 0.1) is 11.3 Å². The molecule has 0 heterocycles. The zero-order valence-electron chi connectivity index (χ0n) is 7.11. The van der Waals surface area contributed by atoms with Gasteiger partial charge in [-0.05, 0) is 6.92 Å². The maximum absolute atomic E-state index is 10.9. The van der Waals surface area contributed by atoms with Crippen LogP contribution in [-0.4, -0.2) is 34.5 Å². The minimum Gasteiger partial charge on any atom is -0.480 e. The molecule has 0 aromatic rings. The first-order valence-corrected chi connectivity index (χ1v) is 4.70. The number of nitrogens with zero attached hydrogens (tertiary/aromatic N) is 1. The number of carboxylic acids is 1. The van der Waals surface area contributed by atoms with Gasteiger partial charge >= 0.3 is 5.97 Å². The molecule has 1 atom stereocenters. The number of rotatable bonds is 5. The Bertz CT molecular complexity index is 236. The number of carboxylic acid groups (broad SMARTS) is 1. The Morgan fingerprint density at radius 3 is 2.77 bits per heavy atom. The lowest BCUT2D eigenvalue weighted by atomic mass is 10.3. The summed E-state index contributed by atoms with van der Waals surface area (Å²) in [6, 6.07) is 0.986. The van der Waals surface area contributed by atoms with Crippen molar-refractivity contribution < 1.29 is 14.7 Å². The highest BCUT2D eigenvalue weighted by molar-refractivity contribution is 8.00. The average Bonchev–Trinajstić information content (AvgIpc) is 2.04. The second-order valence-corrected chi connectivity index (χ2v) is 3.26. The van der Waals surface area contributed by atoms with Gasteiger partial charge in [0.1, 0.15) is 6.04 Å². The number of nitriles is 1. The van der Waals surface area contributed by atoms with Crippen molar-refractivity contribution in [2.24, 2.45) is 0 Å². The summed E-state index contributed by atoms with van der Waals surface area (Å²) in [5.74, 6) is -1.09. The van der Waals surface area contributed by atoms with Crippen molar-refractivity contribution in [2.75, 3.05) is 11.5 Å². The highest BCUT2D eigenvalue weighted by Crippen LogP contribution is 1.97. The molecule has 0 aliphatic carbocycles. The van der Waals surface area contributed by atoms with Crippen LogP contribution in [0.2, 0.25) is 0 Å². The van der Waals surface area contributed by atoms with Crippen molar-refractivity contribution in [2.45, 2.75) is 13.0 Å². The van der Waals surface area contributed by atoms with Gasteiger partial charge in [-0.25, -0.2) is 0 Å². The molecule has 0 aliphatic heterocycles. The summed E-state index contributed by atoms with van der Waals surface area (Å²) in [5, 5.41) is 18.9. The molecular weight excluding hydrogens is 192 g/mol. The first-order valence-electron chi connectivity index (χ1n) is 3.54. The smallest absolute Gasteiger partial charge is 0.325 e. The lowest BCUT2D eigenvalue weighted by Crippen LogP contribution is -2.39. The minimum absolute atomic E-state index is 0.116. The standard InChI is InChI=1S/C7H10N2O3S/c1-5(7(11)12)9-6(10)4-13-3-2-8/h5H,3-4H2,1H3,(H,9,10)(H,11,12). The molecule has 1 amide bonds. The Morgan fingerprint density at radius 2 is 2.31 bits per heavy atom. The number of amides is 1. The van der Waals surface area contributed by atoms with E-state index in [1.165, 1.54) is 6.92 Å². The summed E-state index contributed by atoms with van der Waals surface area (Å²) in [5.41, 5.74) is 0. The van der Waals surface area contributed by atoms with Crippen molar-refractivity contribution in [1.82, 2.24) is 5.32 Å². The summed E-state index contributed by atoms with van der Waals surface area (Å²) in [6.07, 6.45) is 0. The third kappa shape index (κ3) is 5.99. The molecule has 0 radical (unpaired) electrons. The van der Waals surface area contributed by atoms with Gasteiger partial charge in [0.05, 0.1) is 17.6 Å². The van der Waals surface area contributed by atoms with Gasteiger partial charge in [0.15, 0.2) is 0 Å². The Balaban J connectivity index is 3.63. The zero-order chi connectivity index (χ0) is 10.3. The third-order valence-electron chi connectivity index (χ3n) is 1.15. The quantitative estimate of drug-likeness (QED) is 0.604. The molecule has 0 saturated carbocycles. The van der Waals surface area contributed by atoms with Crippen LogP contribution in [0.3, 0.4) is 0 Å². The SMILES string of the molecule is CC(NC(=O)CSCC#N)C(=O)O. The maximum atomic E-state index is 10.9. The molecule has 0 bridgehead atoms. The van der Waals surface area contributed by atoms with E-state index in [0.717, 1.165) is 11.8 Å².